The normalized spacial score (nSPS) is 10.3. The van der Waals surface area contributed by atoms with Crippen LogP contribution < -0.4 is 9.47 Å². The van der Waals surface area contributed by atoms with Crippen molar-refractivity contribution in [3.63, 3.8) is 0 Å². The van der Waals surface area contributed by atoms with Gasteiger partial charge in [-0.3, -0.25) is 4.79 Å². The molecular formula is C20H21N3O3. The van der Waals surface area contributed by atoms with Gasteiger partial charge in [-0.05, 0) is 47.5 Å². The second kappa shape index (κ2) is 9.84. The highest BCUT2D eigenvalue weighted by molar-refractivity contribution is 5.81. The first kappa shape index (κ1) is 19.0. The zero-order valence-electron chi connectivity index (χ0n) is 14.9. The highest BCUT2D eigenvalue weighted by Gasteiger charge is 2.05. The lowest BCUT2D eigenvalue weighted by atomic mass is 10.2. The molecule has 0 aromatic heterocycles. The van der Waals surface area contributed by atoms with Crippen molar-refractivity contribution >= 4 is 12.1 Å². The number of nitriles is 1. The minimum Gasteiger partial charge on any atom is -0.497 e. The van der Waals surface area contributed by atoms with Gasteiger partial charge in [0, 0.05) is 6.92 Å². The maximum Gasteiger partial charge on any atom is 0.239 e. The van der Waals surface area contributed by atoms with Crippen LogP contribution in [0.2, 0.25) is 0 Å². The van der Waals surface area contributed by atoms with Crippen molar-refractivity contribution in [2.24, 2.45) is 5.10 Å². The van der Waals surface area contributed by atoms with E-state index >= 15 is 0 Å². The lowest BCUT2D eigenvalue weighted by molar-refractivity contribution is -0.128. The molecule has 0 saturated carbocycles. The van der Waals surface area contributed by atoms with E-state index in [2.05, 4.69) is 5.10 Å². The number of nitrogens with zero attached hydrogens (tertiary/aromatic N) is 3. The average Bonchev–Trinajstić information content (AvgIpc) is 2.67. The highest BCUT2D eigenvalue weighted by Crippen LogP contribution is 2.16. The van der Waals surface area contributed by atoms with Gasteiger partial charge in [0.15, 0.2) is 0 Å². The molecule has 0 unspecified atom stereocenters. The third-order valence-electron chi connectivity index (χ3n) is 3.59. The molecule has 1 amide bonds. The number of rotatable bonds is 8. The molecule has 0 spiro atoms. The summed E-state index contributed by atoms with van der Waals surface area (Å²) in [4.78, 5) is 11.5. The number of methoxy groups -OCH3 is 1. The Balaban J connectivity index is 1.91. The summed E-state index contributed by atoms with van der Waals surface area (Å²) in [5, 5.41) is 14.0. The lowest BCUT2D eigenvalue weighted by Crippen LogP contribution is -2.24. The van der Waals surface area contributed by atoms with Crippen LogP contribution in [-0.4, -0.2) is 30.8 Å². The summed E-state index contributed by atoms with van der Waals surface area (Å²) in [6.07, 6.45) is 1.83. The van der Waals surface area contributed by atoms with Crippen molar-refractivity contribution in [3.05, 3.63) is 59.7 Å². The molecule has 0 atom stereocenters. The summed E-state index contributed by atoms with van der Waals surface area (Å²) in [6, 6.07) is 17.1. The molecule has 0 bridgehead atoms. The van der Waals surface area contributed by atoms with Gasteiger partial charge in [0.2, 0.25) is 5.91 Å². The van der Waals surface area contributed by atoms with Gasteiger partial charge in [-0.1, -0.05) is 12.1 Å². The molecule has 0 heterocycles. The molecule has 0 saturated heterocycles. The topological polar surface area (TPSA) is 74.9 Å². The second-order valence-corrected chi connectivity index (χ2v) is 5.50. The molecule has 26 heavy (non-hydrogen) atoms. The Labute approximate surface area is 153 Å². The third kappa shape index (κ3) is 5.95. The third-order valence-corrected chi connectivity index (χ3v) is 3.59. The number of hydrazone groups is 1. The first-order valence-corrected chi connectivity index (χ1v) is 8.17. The van der Waals surface area contributed by atoms with E-state index in [-0.39, 0.29) is 18.9 Å². The summed E-state index contributed by atoms with van der Waals surface area (Å²) in [7, 11) is 1.63. The van der Waals surface area contributed by atoms with Gasteiger partial charge in [0.1, 0.15) is 18.1 Å². The van der Waals surface area contributed by atoms with Crippen molar-refractivity contribution in [3.8, 4) is 17.6 Å². The Morgan fingerprint density at radius 1 is 1.15 bits per heavy atom. The predicted octanol–water partition coefficient (Wildman–Crippen LogP) is 3.37. The van der Waals surface area contributed by atoms with Crippen LogP contribution >= 0.6 is 0 Å². The van der Waals surface area contributed by atoms with Gasteiger partial charge < -0.3 is 9.47 Å². The van der Waals surface area contributed by atoms with Crippen LogP contribution in [0.1, 0.15) is 24.5 Å². The Kier molecular flexibility index (Phi) is 7.19. The Hall–Kier alpha value is -3.33. The maximum atomic E-state index is 11.5. The first-order chi connectivity index (χ1) is 12.6. The maximum absolute atomic E-state index is 11.5. The van der Waals surface area contributed by atoms with Gasteiger partial charge in [-0.15, -0.1) is 0 Å². The molecule has 0 radical (unpaired) electrons. The number of benzene rings is 2. The number of carbonyl (C=O) groups excluding carboxylic acids is 1. The number of hydrogen-bond donors (Lipinski definition) is 0. The van der Waals surface area contributed by atoms with Crippen molar-refractivity contribution in [2.75, 3.05) is 13.7 Å². The van der Waals surface area contributed by atoms with Crippen molar-refractivity contribution in [1.82, 2.24) is 5.01 Å². The molecule has 0 aliphatic rings. The van der Waals surface area contributed by atoms with Crippen LogP contribution in [0.4, 0.5) is 0 Å². The standard InChI is InChI=1S/C20H21N3O3/c1-16(24)23(13-3-12-21)22-14-17-4-10-20(11-5-17)26-15-18-6-8-19(25-2)9-7-18/h4-11,14H,3,13,15H2,1-2H3. The van der Waals surface area contributed by atoms with Crippen molar-refractivity contribution in [1.29, 1.82) is 5.26 Å². The Bertz CT molecular complexity index is 777. The molecule has 6 heteroatoms. The molecule has 6 nitrogen and oxygen atoms in total. The molecule has 0 N–H and O–H groups in total. The summed E-state index contributed by atoms with van der Waals surface area (Å²) < 4.78 is 10.9. The SMILES string of the molecule is COc1ccc(COc2ccc(C=NN(CCC#N)C(C)=O)cc2)cc1. The van der Waals surface area contributed by atoms with Crippen LogP contribution in [0, 0.1) is 11.3 Å². The minimum absolute atomic E-state index is 0.198. The number of hydrogen-bond acceptors (Lipinski definition) is 5. The largest absolute Gasteiger partial charge is 0.497 e. The second-order valence-electron chi connectivity index (χ2n) is 5.50. The zero-order valence-corrected chi connectivity index (χ0v) is 14.9. The van der Waals surface area contributed by atoms with Crippen LogP contribution in [0.25, 0.3) is 0 Å². The van der Waals surface area contributed by atoms with Gasteiger partial charge in [0.05, 0.1) is 32.4 Å². The molecule has 2 aromatic carbocycles. The minimum atomic E-state index is -0.198. The van der Waals surface area contributed by atoms with Crippen LogP contribution in [0.15, 0.2) is 53.6 Å². The Morgan fingerprint density at radius 2 is 1.81 bits per heavy atom. The van der Waals surface area contributed by atoms with Gasteiger partial charge in [-0.2, -0.15) is 10.4 Å². The van der Waals surface area contributed by atoms with Gasteiger partial charge in [0.25, 0.3) is 0 Å². The number of carbonyl (C=O) groups is 1. The van der Waals surface area contributed by atoms with E-state index < -0.39 is 0 Å². The molecule has 0 aliphatic heterocycles. The smallest absolute Gasteiger partial charge is 0.239 e. The van der Waals surface area contributed by atoms with Crippen LogP contribution in [-0.2, 0) is 11.4 Å². The fourth-order valence-corrected chi connectivity index (χ4v) is 2.13. The van der Waals surface area contributed by atoms with Crippen LogP contribution in [0.5, 0.6) is 11.5 Å². The predicted molar refractivity (Wildman–Crippen MR) is 99.0 cm³/mol. The molecular weight excluding hydrogens is 330 g/mol. The van der Waals surface area contributed by atoms with Crippen molar-refractivity contribution < 1.29 is 14.3 Å². The molecule has 2 aromatic rings. The lowest BCUT2D eigenvalue weighted by Gasteiger charge is -2.12. The van der Waals surface area contributed by atoms with Gasteiger partial charge >= 0.3 is 0 Å². The first-order valence-electron chi connectivity index (χ1n) is 8.17. The quantitative estimate of drug-likeness (QED) is 0.540. The fraction of sp³-hybridized carbons (Fsp3) is 0.250. The number of ether oxygens (including phenoxy) is 2. The summed E-state index contributed by atoms with van der Waals surface area (Å²) in [5.74, 6) is 1.36. The van der Waals surface area contributed by atoms with E-state index in [0.717, 1.165) is 22.6 Å². The van der Waals surface area contributed by atoms with E-state index in [4.69, 9.17) is 14.7 Å². The average molecular weight is 351 g/mol. The van der Waals surface area contributed by atoms with Gasteiger partial charge in [-0.25, -0.2) is 5.01 Å². The summed E-state index contributed by atoms with van der Waals surface area (Å²) >= 11 is 0. The molecule has 0 fully saturated rings. The van der Waals surface area contributed by atoms with Crippen LogP contribution in [0.3, 0.4) is 0 Å². The van der Waals surface area contributed by atoms with E-state index in [9.17, 15) is 4.79 Å². The van der Waals surface area contributed by atoms with E-state index in [0.29, 0.717) is 6.61 Å². The van der Waals surface area contributed by atoms with E-state index in [1.807, 2.05) is 54.6 Å². The molecule has 0 aliphatic carbocycles. The summed E-state index contributed by atoms with van der Waals surface area (Å²) in [6.45, 7) is 2.17. The summed E-state index contributed by atoms with van der Waals surface area (Å²) in [5.41, 5.74) is 1.89. The van der Waals surface area contributed by atoms with Crippen molar-refractivity contribution in [2.45, 2.75) is 20.0 Å². The molecule has 134 valence electrons. The molecule has 2 rings (SSSR count). The Morgan fingerprint density at radius 3 is 2.38 bits per heavy atom. The highest BCUT2D eigenvalue weighted by atomic mass is 16.5. The monoisotopic (exact) mass is 351 g/mol. The fourth-order valence-electron chi connectivity index (χ4n) is 2.13. The number of amides is 1. The van der Waals surface area contributed by atoms with E-state index in [1.165, 1.54) is 11.9 Å². The van der Waals surface area contributed by atoms with E-state index in [1.54, 1.807) is 13.3 Å². The zero-order chi connectivity index (χ0) is 18.8.